The normalized spacial score (nSPS) is 18.3. The molecule has 7 nitrogen and oxygen atoms in total. The van der Waals surface area contributed by atoms with E-state index in [0.717, 1.165) is 63.5 Å². The van der Waals surface area contributed by atoms with Crippen molar-refractivity contribution < 1.29 is 0 Å². The highest BCUT2D eigenvalue weighted by atomic mass is 35.5. The molecular weight excluding hydrogens is 818 g/mol. The predicted molar refractivity (Wildman–Crippen MR) is 287 cm³/mol. The van der Waals surface area contributed by atoms with Crippen LogP contribution in [0, 0.1) is 0 Å². The molecule has 0 amide bonds. The molecule has 3 rings (SSSR count). The van der Waals surface area contributed by atoms with Gasteiger partial charge in [0, 0.05) is 47.3 Å². The van der Waals surface area contributed by atoms with Crippen LogP contribution in [0.3, 0.4) is 0 Å². The molecule has 0 bridgehead atoms. The SMILES string of the molecule is CCCCCCCCCCCCCCCCCCN(c1nc(Cl)nc(N(CCCCCCCCCCCCCCCCCC)C2CC(C)(C)NC(C)(C)C2)n1)C1CC(C)(C)NC(C)(C)C1. The maximum atomic E-state index is 7.01. The number of nitrogens with zero attached hydrogens (tertiary/aromatic N) is 5. The molecule has 0 unspecified atom stereocenters. The molecule has 2 saturated heterocycles. The van der Waals surface area contributed by atoms with Crippen molar-refractivity contribution in [1.29, 1.82) is 0 Å². The second kappa shape index (κ2) is 31.9. The summed E-state index contributed by atoms with van der Waals surface area (Å²) in [5.41, 5.74) is 0.0734. The van der Waals surface area contributed by atoms with Crippen molar-refractivity contribution in [2.24, 2.45) is 0 Å². The van der Waals surface area contributed by atoms with E-state index in [9.17, 15) is 0 Å². The predicted octanol–water partition coefficient (Wildman–Crippen LogP) is 17.3. The lowest BCUT2D eigenvalue weighted by atomic mass is 9.79. The molecule has 0 spiro atoms. The summed E-state index contributed by atoms with van der Waals surface area (Å²) in [7, 11) is 0. The molecule has 0 atom stereocenters. The average molecular weight is 929 g/mol. The fourth-order valence-corrected chi connectivity index (χ4v) is 12.3. The molecule has 0 radical (unpaired) electrons. The molecule has 2 fully saturated rings. The minimum Gasteiger partial charge on any atom is -0.338 e. The van der Waals surface area contributed by atoms with Crippen molar-refractivity contribution in [1.82, 2.24) is 25.6 Å². The Morgan fingerprint density at radius 2 is 0.585 bits per heavy atom. The van der Waals surface area contributed by atoms with E-state index in [-0.39, 0.29) is 22.2 Å². The van der Waals surface area contributed by atoms with E-state index in [1.165, 1.54) is 193 Å². The number of piperidine rings is 2. The van der Waals surface area contributed by atoms with Crippen LogP contribution in [0.1, 0.15) is 300 Å². The standard InChI is InChI=1S/C57H110ClN7/c1-11-13-15-17-19-21-23-25-27-29-31-33-35-37-39-41-43-64(49-45-54(3,4)62-55(5,6)46-49)52-59-51(58)60-53(61-52)65(50-47-56(7,8)63-57(9,10)48-50)44-42-40-38-36-34-32-30-28-26-24-22-20-18-16-14-12-2/h49-50,62-63H,11-48H2,1-10H3. The Balaban J connectivity index is 1.60. The molecule has 1 aromatic rings. The van der Waals surface area contributed by atoms with Gasteiger partial charge in [-0.3, -0.25) is 0 Å². The molecule has 3 heterocycles. The fraction of sp³-hybridized carbons (Fsp3) is 0.947. The Morgan fingerprint density at radius 3 is 0.815 bits per heavy atom. The van der Waals surface area contributed by atoms with Crippen molar-refractivity contribution >= 4 is 23.5 Å². The molecule has 0 aromatic carbocycles. The van der Waals surface area contributed by atoms with Gasteiger partial charge in [-0.05, 0) is 106 Å². The van der Waals surface area contributed by atoms with Gasteiger partial charge in [-0.1, -0.05) is 206 Å². The van der Waals surface area contributed by atoms with Crippen molar-refractivity contribution in [3.8, 4) is 0 Å². The van der Waals surface area contributed by atoms with Crippen LogP contribution in [0.15, 0.2) is 0 Å². The first-order valence-electron chi connectivity index (χ1n) is 28.6. The van der Waals surface area contributed by atoms with E-state index < -0.39 is 0 Å². The molecule has 380 valence electrons. The van der Waals surface area contributed by atoms with Crippen LogP contribution in [0.2, 0.25) is 5.28 Å². The Hall–Kier alpha value is -1.18. The minimum atomic E-state index is 0.0183. The van der Waals surface area contributed by atoms with Crippen LogP contribution in [-0.2, 0) is 0 Å². The number of rotatable bonds is 38. The van der Waals surface area contributed by atoms with Gasteiger partial charge >= 0.3 is 0 Å². The van der Waals surface area contributed by atoms with E-state index in [4.69, 9.17) is 26.6 Å². The Kier molecular flexibility index (Phi) is 28.5. The zero-order valence-corrected chi connectivity index (χ0v) is 45.9. The van der Waals surface area contributed by atoms with Gasteiger partial charge in [-0.25, -0.2) is 0 Å². The summed E-state index contributed by atoms with van der Waals surface area (Å²) in [6.07, 6.45) is 48.4. The van der Waals surface area contributed by atoms with Crippen LogP contribution in [0.4, 0.5) is 11.9 Å². The lowest BCUT2D eigenvalue weighted by Gasteiger charge is -2.50. The van der Waals surface area contributed by atoms with E-state index in [1.54, 1.807) is 0 Å². The maximum Gasteiger partial charge on any atom is 0.231 e. The third-order valence-electron chi connectivity index (χ3n) is 14.8. The first-order valence-corrected chi connectivity index (χ1v) is 29.0. The minimum absolute atomic E-state index is 0.0183. The number of halogens is 1. The number of hydrogen-bond acceptors (Lipinski definition) is 7. The van der Waals surface area contributed by atoms with Gasteiger partial charge in [0.05, 0.1) is 0 Å². The molecule has 2 aliphatic rings. The number of unbranched alkanes of at least 4 members (excludes halogenated alkanes) is 30. The monoisotopic (exact) mass is 928 g/mol. The molecule has 1 aromatic heterocycles. The molecule has 0 aliphatic carbocycles. The van der Waals surface area contributed by atoms with Gasteiger partial charge in [0.2, 0.25) is 17.2 Å². The zero-order valence-electron chi connectivity index (χ0n) is 45.1. The third-order valence-corrected chi connectivity index (χ3v) is 15.0. The lowest BCUT2D eigenvalue weighted by molar-refractivity contribution is 0.157. The first kappa shape index (κ1) is 58.1. The van der Waals surface area contributed by atoms with E-state index in [2.05, 4.69) is 89.7 Å². The first-order chi connectivity index (χ1) is 31.1. The zero-order chi connectivity index (χ0) is 47.4. The van der Waals surface area contributed by atoms with Crippen LogP contribution < -0.4 is 20.4 Å². The summed E-state index contributed by atoms with van der Waals surface area (Å²) >= 11 is 7.01. The number of nitrogens with one attached hydrogen (secondary N) is 2. The van der Waals surface area contributed by atoms with Gasteiger partial charge < -0.3 is 20.4 Å². The Bertz CT molecular complexity index is 1220. The average Bonchev–Trinajstić information content (AvgIpc) is 3.20. The van der Waals surface area contributed by atoms with E-state index in [1.807, 2.05) is 0 Å². The van der Waals surface area contributed by atoms with Gasteiger partial charge in [0.1, 0.15) is 0 Å². The van der Waals surface area contributed by atoms with Gasteiger partial charge in [0.25, 0.3) is 0 Å². The maximum absolute atomic E-state index is 7.01. The van der Waals surface area contributed by atoms with Gasteiger partial charge in [0.15, 0.2) is 0 Å². The smallest absolute Gasteiger partial charge is 0.231 e. The van der Waals surface area contributed by atoms with Crippen LogP contribution >= 0.6 is 11.6 Å². The summed E-state index contributed by atoms with van der Waals surface area (Å²) in [5.74, 6) is 1.56. The van der Waals surface area contributed by atoms with Crippen molar-refractivity contribution in [3.63, 3.8) is 0 Å². The number of aromatic nitrogens is 3. The number of hydrogen-bond donors (Lipinski definition) is 2. The Labute approximate surface area is 410 Å². The quantitative estimate of drug-likeness (QED) is 0.0640. The third kappa shape index (κ3) is 25.8. The molecule has 65 heavy (non-hydrogen) atoms. The highest BCUT2D eigenvalue weighted by Crippen LogP contribution is 2.37. The summed E-state index contributed by atoms with van der Waals surface area (Å²) in [6.45, 7) is 25.4. The van der Waals surface area contributed by atoms with Crippen LogP contribution in [-0.4, -0.2) is 62.3 Å². The van der Waals surface area contributed by atoms with Crippen molar-refractivity contribution in [3.05, 3.63) is 5.28 Å². The second-order valence-corrected chi connectivity index (χ2v) is 24.4. The molecular formula is C57H110ClN7. The molecule has 2 N–H and O–H groups in total. The summed E-state index contributed by atoms with van der Waals surface area (Å²) in [5, 5.41) is 8.20. The highest BCUT2D eigenvalue weighted by Gasteiger charge is 2.43. The molecule has 8 heteroatoms. The summed E-state index contributed by atoms with van der Waals surface area (Å²) in [4.78, 5) is 20.5. The van der Waals surface area contributed by atoms with Gasteiger partial charge in [-0.2, -0.15) is 15.0 Å². The van der Waals surface area contributed by atoms with Crippen molar-refractivity contribution in [2.75, 3.05) is 22.9 Å². The van der Waals surface area contributed by atoms with Crippen molar-refractivity contribution in [2.45, 2.75) is 335 Å². The van der Waals surface area contributed by atoms with Crippen LogP contribution in [0.25, 0.3) is 0 Å². The van der Waals surface area contributed by atoms with E-state index in [0.29, 0.717) is 17.4 Å². The summed E-state index contributed by atoms with van der Waals surface area (Å²) in [6, 6.07) is 0.656. The second-order valence-electron chi connectivity index (χ2n) is 24.1. The summed E-state index contributed by atoms with van der Waals surface area (Å²) < 4.78 is 0. The Morgan fingerprint density at radius 1 is 0.369 bits per heavy atom. The highest BCUT2D eigenvalue weighted by molar-refractivity contribution is 6.28. The molecule has 2 aliphatic heterocycles. The lowest BCUT2D eigenvalue weighted by Crippen LogP contribution is -2.63. The topological polar surface area (TPSA) is 69.2 Å². The molecule has 0 saturated carbocycles. The fourth-order valence-electron chi connectivity index (χ4n) is 12.1. The number of anilines is 2. The van der Waals surface area contributed by atoms with Crippen LogP contribution in [0.5, 0.6) is 0 Å². The van der Waals surface area contributed by atoms with E-state index >= 15 is 0 Å². The van der Waals surface area contributed by atoms with Gasteiger partial charge in [-0.15, -0.1) is 0 Å². The largest absolute Gasteiger partial charge is 0.338 e.